The summed E-state index contributed by atoms with van der Waals surface area (Å²) in [6.45, 7) is 0. The summed E-state index contributed by atoms with van der Waals surface area (Å²) in [7, 11) is 0. The molecule has 0 spiro atoms. The van der Waals surface area contributed by atoms with E-state index in [9.17, 15) is 10.2 Å². The molecule has 2 aromatic rings. The molecule has 21 heavy (non-hydrogen) atoms. The van der Waals surface area contributed by atoms with E-state index in [1.54, 1.807) is 6.07 Å². The zero-order valence-corrected chi connectivity index (χ0v) is 12.4. The Bertz CT molecular complexity index is 775. The highest BCUT2D eigenvalue weighted by Crippen LogP contribution is 2.57. The molecule has 0 saturated carbocycles. The fraction of sp³-hybridized carbons (Fsp3) is 0.200. The first-order valence-corrected chi connectivity index (χ1v) is 7.34. The minimum Gasteiger partial charge on any atom is -0.494 e. The van der Waals surface area contributed by atoms with Crippen molar-refractivity contribution in [2.75, 3.05) is 5.73 Å². The number of aromatic nitrogens is 1. The van der Waals surface area contributed by atoms with Crippen molar-refractivity contribution in [1.82, 2.24) is 4.57 Å². The van der Waals surface area contributed by atoms with Gasteiger partial charge in [0.25, 0.3) is 0 Å². The predicted molar refractivity (Wildman–Crippen MR) is 82.8 cm³/mol. The van der Waals surface area contributed by atoms with Gasteiger partial charge >= 0.3 is 0 Å². The molecule has 0 saturated heterocycles. The van der Waals surface area contributed by atoms with Crippen LogP contribution in [-0.2, 0) is 0 Å². The summed E-state index contributed by atoms with van der Waals surface area (Å²) in [5.74, 6) is 0.344. The minimum atomic E-state index is 0.0180. The van der Waals surface area contributed by atoms with Crippen LogP contribution in [0.3, 0.4) is 0 Å². The lowest BCUT2D eigenvalue weighted by molar-refractivity contribution is 0.395. The summed E-state index contributed by atoms with van der Waals surface area (Å²) in [5, 5.41) is 21.7. The Hall–Kier alpha value is -1.78. The van der Waals surface area contributed by atoms with Gasteiger partial charge in [0.15, 0.2) is 0 Å². The number of fused-ring (bicyclic) bond motifs is 5. The van der Waals surface area contributed by atoms with E-state index < -0.39 is 0 Å². The summed E-state index contributed by atoms with van der Waals surface area (Å²) in [4.78, 5) is 0. The van der Waals surface area contributed by atoms with Gasteiger partial charge in [0.1, 0.15) is 0 Å². The van der Waals surface area contributed by atoms with Crippen LogP contribution in [0.15, 0.2) is 24.3 Å². The molecule has 2 atom stereocenters. The fourth-order valence-electron chi connectivity index (χ4n) is 3.41. The van der Waals surface area contributed by atoms with Gasteiger partial charge in [0.2, 0.25) is 11.8 Å². The average Bonchev–Trinajstić information content (AvgIpc) is 3.09. The molecule has 0 amide bonds. The lowest BCUT2D eigenvalue weighted by Gasteiger charge is -2.13. The average molecular weight is 323 g/mol. The van der Waals surface area contributed by atoms with Gasteiger partial charge in [-0.25, -0.2) is 4.57 Å². The number of allylic oxidation sites excluding steroid dienone is 2. The molecule has 2 unspecified atom stereocenters. The summed E-state index contributed by atoms with van der Waals surface area (Å²) >= 11 is 12.0. The maximum atomic E-state index is 10.5. The van der Waals surface area contributed by atoms with E-state index in [-0.39, 0.29) is 23.6 Å². The van der Waals surface area contributed by atoms with Crippen LogP contribution in [0.1, 0.15) is 29.4 Å². The van der Waals surface area contributed by atoms with Crippen molar-refractivity contribution in [3.05, 3.63) is 45.5 Å². The third-order valence-corrected chi connectivity index (χ3v) is 5.05. The second-order valence-electron chi connectivity index (χ2n) is 5.47. The molecule has 2 aliphatic carbocycles. The zero-order valence-electron chi connectivity index (χ0n) is 10.8. The molecule has 0 radical (unpaired) electrons. The molecule has 4 N–H and O–H groups in total. The molecule has 1 aromatic heterocycles. The maximum Gasteiger partial charge on any atom is 0.202 e. The minimum absolute atomic E-state index is 0.0180. The molecule has 1 aromatic carbocycles. The Balaban J connectivity index is 1.98. The number of nitrogens with zero attached hydrogens (tertiary/aromatic N) is 1. The van der Waals surface area contributed by atoms with Crippen molar-refractivity contribution in [1.29, 1.82) is 0 Å². The van der Waals surface area contributed by atoms with Gasteiger partial charge in [-0.3, -0.25) is 0 Å². The molecule has 6 heteroatoms. The van der Waals surface area contributed by atoms with Crippen molar-refractivity contribution in [3.8, 4) is 17.4 Å². The van der Waals surface area contributed by atoms with Crippen LogP contribution in [0.5, 0.6) is 11.8 Å². The lowest BCUT2D eigenvalue weighted by Crippen LogP contribution is -2.00. The topological polar surface area (TPSA) is 71.4 Å². The summed E-state index contributed by atoms with van der Waals surface area (Å²) in [6, 6.07) is 3.05. The van der Waals surface area contributed by atoms with Crippen LogP contribution in [-0.4, -0.2) is 14.8 Å². The number of hydrogen-bond donors (Lipinski definition) is 3. The molecular weight excluding hydrogens is 311 g/mol. The van der Waals surface area contributed by atoms with E-state index in [0.717, 1.165) is 17.5 Å². The van der Waals surface area contributed by atoms with E-state index in [2.05, 4.69) is 12.2 Å². The van der Waals surface area contributed by atoms with Crippen LogP contribution in [0.4, 0.5) is 5.69 Å². The highest BCUT2D eigenvalue weighted by molar-refractivity contribution is 6.42. The van der Waals surface area contributed by atoms with Gasteiger partial charge in [-0.05, 0) is 18.6 Å². The summed E-state index contributed by atoms with van der Waals surface area (Å²) in [5.41, 5.74) is 8.29. The monoisotopic (exact) mass is 322 g/mol. The lowest BCUT2D eigenvalue weighted by atomic mass is 10.0. The van der Waals surface area contributed by atoms with Crippen LogP contribution in [0.2, 0.25) is 10.0 Å². The van der Waals surface area contributed by atoms with Gasteiger partial charge in [0, 0.05) is 23.0 Å². The third kappa shape index (κ3) is 1.57. The Labute approximate surface area is 131 Å². The van der Waals surface area contributed by atoms with E-state index in [1.165, 1.54) is 10.6 Å². The Morgan fingerprint density at radius 2 is 1.52 bits per heavy atom. The second-order valence-corrected chi connectivity index (χ2v) is 6.28. The number of nitrogens with two attached hydrogens (primary N) is 1. The highest BCUT2D eigenvalue weighted by atomic mass is 35.5. The zero-order chi connectivity index (χ0) is 14.9. The van der Waals surface area contributed by atoms with Crippen LogP contribution in [0.25, 0.3) is 5.69 Å². The quantitative estimate of drug-likeness (QED) is 0.550. The Kier molecular flexibility index (Phi) is 2.53. The predicted octanol–water partition coefficient (Wildman–Crippen LogP) is 3.92. The maximum absolute atomic E-state index is 10.5. The van der Waals surface area contributed by atoms with Crippen molar-refractivity contribution in [3.63, 3.8) is 0 Å². The number of rotatable bonds is 1. The SMILES string of the molecule is Nc1cc(Cl)c(Cl)cc1-n1c(O)c2c(c1O)C1C=CC2C1. The number of benzene rings is 1. The molecule has 0 aliphatic heterocycles. The first-order valence-electron chi connectivity index (χ1n) is 6.58. The van der Waals surface area contributed by atoms with E-state index in [4.69, 9.17) is 28.9 Å². The largest absolute Gasteiger partial charge is 0.494 e. The van der Waals surface area contributed by atoms with Gasteiger partial charge in [-0.2, -0.15) is 0 Å². The van der Waals surface area contributed by atoms with Crippen LogP contribution >= 0.6 is 23.2 Å². The highest BCUT2D eigenvalue weighted by Gasteiger charge is 2.41. The molecule has 4 rings (SSSR count). The molecular formula is C15H12Cl2N2O2. The van der Waals surface area contributed by atoms with Crippen molar-refractivity contribution < 1.29 is 10.2 Å². The van der Waals surface area contributed by atoms with Crippen LogP contribution < -0.4 is 5.73 Å². The van der Waals surface area contributed by atoms with E-state index >= 15 is 0 Å². The van der Waals surface area contributed by atoms with Gasteiger partial charge in [-0.1, -0.05) is 35.4 Å². The fourth-order valence-corrected chi connectivity index (χ4v) is 3.74. The van der Waals surface area contributed by atoms with Gasteiger partial charge in [0.05, 0.1) is 21.4 Å². The number of hydrogen-bond acceptors (Lipinski definition) is 3. The number of nitrogen functional groups attached to an aromatic ring is 1. The molecule has 108 valence electrons. The van der Waals surface area contributed by atoms with E-state index in [0.29, 0.717) is 21.4 Å². The van der Waals surface area contributed by atoms with Crippen molar-refractivity contribution >= 4 is 28.9 Å². The first kappa shape index (κ1) is 12.9. The molecule has 4 nitrogen and oxygen atoms in total. The first-order chi connectivity index (χ1) is 9.99. The smallest absolute Gasteiger partial charge is 0.202 e. The van der Waals surface area contributed by atoms with Gasteiger partial charge < -0.3 is 15.9 Å². The normalized spacial score (nSPS) is 22.0. The number of aromatic hydroxyl groups is 2. The van der Waals surface area contributed by atoms with E-state index in [1.807, 2.05) is 0 Å². The third-order valence-electron chi connectivity index (χ3n) is 4.33. The van der Waals surface area contributed by atoms with Gasteiger partial charge in [-0.15, -0.1) is 0 Å². The summed E-state index contributed by atoms with van der Waals surface area (Å²) < 4.78 is 1.34. The number of anilines is 1. The Morgan fingerprint density at radius 1 is 1.00 bits per heavy atom. The second kappa shape index (κ2) is 4.12. The standard InChI is InChI=1S/C15H12Cl2N2O2/c16-8-4-10(18)11(5-9(8)17)19-14(20)12-6-1-2-7(3-6)13(12)15(19)21/h1-2,4-7,20-21H,3,18H2. The van der Waals surface area contributed by atoms with Crippen molar-refractivity contribution in [2.45, 2.75) is 18.3 Å². The van der Waals surface area contributed by atoms with Crippen molar-refractivity contribution in [2.24, 2.45) is 0 Å². The molecule has 0 fully saturated rings. The number of halogens is 2. The molecule has 2 aliphatic rings. The summed E-state index contributed by atoms with van der Waals surface area (Å²) in [6.07, 6.45) is 5.03. The molecule has 1 heterocycles. The Morgan fingerprint density at radius 3 is 2.10 bits per heavy atom. The molecule has 2 bridgehead atoms. The van der Waals surface area contributed by atoms with Crippen LogP contribution in [0, 0.1) is 0 Å².